The molecule has 0 atom stereocenters. The first-order valence-corrected chi connectivity index (χ1v) is 9.89. The third-order valence-electron chi connectivity index (χ3n) is 3.91. The quantitative estimate of drug-likeness (QED) is 0.296. The summed E-state index contributed by atoms with van der Waals surface area (Å²) < 4.78 is 5.01. The zero-order valence-corrected chi connectivity index (χ0v) is 17.7. The van der Waals surface area contributed by atoms with E-state index in [0.717, 1.165) is 30.3 Å². The minimum absolute atomic E-state index is 0.0920. The van der Waals surface area contributed by atoms with Crippen LogP contribution in [0.4, 0.5) is 0 Å². The first-order chi connectivity index (χ1) is 13.3. The molecule has 0 saturated carbocycles. The lowest BCUT2D eigenvalue weighted by Crippen LogP contribution is -2.40. The Morgan fingerprint density at radius 2 is 1.96 bits per heavy atom. The summed E-state index contributed by atoms with van der Waals surface area (Å²) in [5.74, 6) is -0.955. The maximum Gasteiger partial charge on any atom is 0.337 e. The summed E-state index contributed by atoms with van der Waals surface area (Å²) in [5.41, 5.74) is 1.18. The van der Waals surface area contributed by atoms with Crippen molar-refractivity contribution in [3.05, 3.63) is 40.3 Å². The molecular weight excluding hydrogens is 398 g/mol. The smallest absolute Gasteiger partial charge is 0.337 e. The van der Waals surface area contributed by atoms with Gasteiger partial charge in [-0.2, -0.15) is 0 Å². The van der Waals surface area contributed by atoms with Crippen molar-refractivity contribution in [3.8, 4) is 0 Å². The lowest BCUT2D eigenvalue weighted by molar-refractivity contribution is -0.128. The maximum absolute atomic E-state index is 12.6. The van der Waals surface area contributed by atoms with Crippen LogP contribution in [-0.2, 0) is 14.3 Å². The van der Waals surface area contributed by atoms with Gasteiger partial charge < -0.3 is 15.0 Å². The summed E-state index contributed by atoms with van der Waals surface area (Å²) >= 11 is 6.41. The fraction of sp³-hybridized carbons (Fsp3) is 0.368. The second kappa shape index (κ2) is 10.4. The van der Waals surface area contributed by atoms with E-state index in [1.165, 1.54) is 12.0 Å². The molecule has 0 aliphatic carbocycles. The molecule has 1 N–H and O–H groups in total. The van der Waals surface area contributed by atoms with Gasteiger partial charge in [0.2, 0.25) is 5.91 Å². The molecule has 0 bridgehead atoms. The predicted molar refractivity (Wildman–Crippen MR) is 114 cm³/mol. The number of thioether (sulfide) groups is 1. The molecule has 2 amide bonds. The van der Waals surface area contributed by atoms with Crippen LogP contribution in [-0.4, -0.2) is 72.7 Å². The Morgan fingerprint density at radius 3 is 2.57 bits per heavy atom. The average Bonchev–Trinajstić information content (AvgIpc) is 2.92. The molecule has 1 fully saturated rings. The van der Waals surface area contributed by atoms with Gasteiger partial charge in [0, 0.05) is 6.54 Å². The van der Waals surface area contributed by atoms with Crippen LogP contribution >= 0.6 is 24.0 Å². The fourth-order valence-corrected chi connectivity index (χ4v) is 3.70. The van der Waals surface area contributed by atoms with E-state index in [2.05, 4.69) is 10.1 Å². The first kappa shape index (κ1) is 22.1. The van der Waals surface area contributed by atoms with Gasteiger partial charge in [-0.25, -0.2) is 4.79 Å². The molecule has 0 radical (unpaired) electrons. The topological polar surface area (TPSA) is 79.0 Å². The van der Waals surface area contributed by atoms with Gasteiger partial charge in [-0.15, -0.1) is 0 Å². The SMILES string of the molecule is COC(=O)c1ccc(/C=C2\SC(=S)N(CC(=O)NCCCN(C)C)C2=O)cc1. The Morgan fingerprint density at radius 1 is 1.29 bits per heavy atom. The number of ether oxygens (including phenoxy) is 1. The Labute approximate surface area is 174 Å². The van der Waals surface area contributed by atoms with Crippen molar-refractivity contribution in [1.29, 1.82) is 0 Å². The van der Waals surface area contributed by atoms with Gasteiger partial charge in [0.15, 0.2) is 0 Å². The fourth-order valence-electron chi connectivity index (χ4n) is 2.44. The van der Waals surface area contributed by atoms with Crippen LogP contribution < -0.4 is 5.32 Å². The molecule has 0 unspecified atom stereocenters. The van der Waals surface area contributed by atoms with Gasteiger partial charge in [-0.05, 0) is 50.8 Å². The van der Waals surface area contributed by atoms with E-state index in [1.807, 2.05) is 19.0 Å². The molecule has 28 heavy (non-hydrogen) atoms. The lowest BCUT2D eigenvalue weighted by atomic mass is 10.1. The Balaban J connectivity index is 1.96. The summed E-state index contributed by atoms with van der Waals surface area (Å²) in [5, 5.41) is 2.80. The third kappa shape index (κ3) is 6.15. The van der Waals surface area contributed by atoms with Gasteiger partial charge in [0.05, 0.1) is 17.6 Å². The van der Waals surface area contributed by atoms with Crippen molar-refractivity contribution in [1.82, 2.24) is 15.1 Å². The molecule has 1 aliphatic heterocycles. The van der Waals surface area contributed by atoms with Crippen LogP contribution in [0.15, 0.2) is 29.2 Å². The second-order valence-electron chi connectivity index (χ2n) is 6.39. The molecule has 0 aromatic heterocycles. The summed E-state index contributed by atoms with van der Waals surface area (Å²) in [6, 6.07) is 6.69. The van der Waals surface area contributed by atoms with Crippen LogP contribution in [0.5, 0.6) is 0 Å². The number of benzene rings is 1. The summed E-state index contributed by atoms with van der Waals surface area (Å²) in [6.45, 7) is 1.33. The minimum atomic E-state index is -0.422. The van der Waals surface area contributed by atoms with E-state index in [9.17, 15) is 14.4 Å². The van der Waals surface area contributed by atoms with Crippen molar-refractivity contribution in [3.63, 3.8) is 0 Å². The average molecular weight is 422 g/mol. The highest BCUT2D eigenvalue weighted by Crippen LogP contribution is 2.32. The molecule has 1 aromatic rings. The number of esters is 1. The second-order valence-corrected chi connectivity index (χ2v) is 8.06. The molecule has 7 nitrogen and oxygen atoms in total. The molecule has 1 heterocycles. The molecule has 1 aliphatic rings. The minimum Gasteiger partial charge on any atom is -0.465 e. The third-order valence-corrected chi connectivity index (χ3v) is 5.29. The number of nitrogens with zero attached hydrogens (tertiary/aromatic N) is 2. The molecule has 2 rings (SSSR count). The van der Waals surface area contributed by atoms with Crippen LogP contribution in [0.3, 0.4) is 0 Å². The van der Waals surface area contributed by atoms with Crippen molar-refractivity contribution in [2.75, 3.05) is 40.8 Å². The largest absolute Gasteiger partial charge is 0.465 e. The number of methoxy groups -OCH3 is 1. The Kier molecular flexibility index (Phi) is 8.16. The monoisotopic (exact) mass is 421 g/mol. The van der Waals surface area contributed by atoms with E-state index in [4.69, 9.17) is 12.2 Å². The van der Waals surface area contributed by atoms with Crippen molar-refractivity contribution >= 4 is 52.2 Å². The van der Waals surface area contributed by atoms with E-state index in [1.54, 1.807) is 30.3 Å². The van der Waals surface area contributed by atoms with E-state index < -0.39 is 5.97 Å². The van der Waals surface area contributed by atoms with Crippen molar-refractivity contribution in [2.24, 2.45) is 0 Å². The highest BCUT2D eigenvalue weighted by Gasteiger charge is 2.33. The number of hydrogen-bond donors (Lipinski definition) is 1. The standard InChI is InChI=1S/C19H23N3O4S2/c1-21(2)10-4-9-20-16(23)12-22-17(24)15(28-19(22)27)11-13-5-7-14(8-6-13)18(25)26-3/h5-8,11H,4,9-10,12H2,1-3H3,(H,20,23)/b15-11-. The summed E-state index contributed by atoms with van der Waals surface area (Å²) in [4.78, 5) is 39.9. The summed E-state index contributed by atoms with van der Waals surface area (Å²) in [6.07, 6.45) is 2.52. The van der Waals surface area contributed by atoms with Crippen molar-refractivity contribution < 1.29 is 19.1 Å². The zero-order chi connectivity index (χ0) is 20.7. The number of thiocarbonyl (C=S) groups is 1. The van der Waals surface area contributed by atoms with Crippen LogP contribution in [0.25, 0.3) is 6.08 Å². The van der Waals surface area contributed by atoms with E-state index in [-0.39, 0.29) is 18.4 Å². The predicted octanol–water partition coefficient (Wildman–Crippen LogP) is 1.74. The highest BCUT2D eigenvalue weighted by atomic mass is 32.2. The molecule has 0 spiro atoms. The normalized spacial score (nSPS) is 15.4. The van der Waals surface area contributed by atoms with Gasteiger partial charge >= 0.3 is 5.97 Å². The highest BCUT2D eigenvalue weighted by molar-refractivity contribution is 8.26. The van der Waals surface area contributed by atoms with Gasteiger partial charge in [-0.1, -0.05) is 36.1 Å². The molecule has 1 saturated heterocycles. The van der Waals surface area contributed by atoms with Crippen LogP contribution in [0.2, 0.25) is 0 Å². The van der Waals surface area contributed by atoms with Gasteiger partial charge in [0.1, 0.15) is 10.9 Å². The van der Waals surface area contributed by atoms with Gasteiger partial charge in [0.25, 0.3) is 5.91 Å². The molecule has 1 aromatic carbocycles. The summed E-state index contributed by atoms with van der Waals surface area (Å²) in [7, 11) is 5.26. The van der Waals surface area contributed by atoms with E-state index >= 15 is 0 Å². The zero-order valence-electron chi connectivity index (χ0n) is 16.1. The molecule has 9 heteroatoms. The number of hydrogen-bond acceptors (Lipinski definition) is 7. The van der Waals surface area contributed by atoms with Crippen LogP contribution in [0, 0.1) is 0 Å². The van der Waals surface area contributed by atoms with E-state index in [0.29, 0.717) is 21.3 Å². The molecular formula is C19H23N3O4S2. The van der Waals surface area contributed by atoms with Crippen molar-refractivity contribution in [2.45, 2.75) is 6.42 Å². The van der Waals surface area contributed by atoms with Crippen LogP contribution in [0.1, 0.15) is 22.3 Å². The number of carbonyl (C=O) groups is 3. The number of amides is 2. The number of nitrogens with one attached hydrogen (secondary N) is 1. The number of carbonyl (C=O) groups excluding carboxylic acids is 3. The molecule has 150 valence electrons. The van der Waals surface area contributed by atoms with Gasteiger partial charge in [-0.3, -0.25) is 14.5 Å². The first-order valence-electron chi connectivity index (χ1n) is 8.67. The number of rotatable bonds is 8. The lowest BCUT2D eigenvalue weighted by Gasteiger charge is -2.14. The Bertz CT molecular complexity index is 791. The maximum atomic E-state index is 12.6. The Hall–Kier alpha value is -2.23.